The van der Waals surface area contributed by atoms with Gasteiger partial charge >= 0.3 is 0 Å². The van der Waals surface area contributed by atoms with E-state index in [9.17, 15) is 9.59 Å². The fourth-order valence-electron chi connectivity index (χ4n) is 4.07. The predicted octanol–water partition coefficient (Wildman–Crippen LogP) is 5.06. The van der Waals surface area contributed by atoms with Crippen molar-refractivity contribution in [1.29, 1.82) is 0 Å². The summed E-state index contributed by atoms with van der Waals surface area (Å²) in [4.78, 5) is 27.8. The lowest BCUT2D eigenvalue weighted by Gasteiger charge is -2.30. The molecule has 0 bridgehead atoms. The minimum Gasteiger partial charge on any atom is -0.352 e. The molecule has 1 aliphatic carbocycles. The second kappa shape index (κ2) is 10.6. The summed E-state index contributed by atoms with van der Waals surface area (Å²) in [5.41, 5.74) is 3.12. The van der Waals surface area contributed by atoms with Crippen molar-refractivity contribution >= 4 is 23.4 Å². The molecule has 0 aromatic heterocycles. The zero-order chi connectivity index (χ0) is 21.5. The molecule has 0 spiro atoms. The summed E-state index contributed by atoms with van der Waals surface area (Å²) in [7, 11) is 0. The van der Waals surface area contributed by atoms with Gasteiger partial charge in [-0.3, -0.25) is 9.59 Å². The second-order valence-electron chi connectivity index (χ2n) is 8.27. The van der Waals surface area contributed by atoms with Crippen molar-refractivity contribution in [3.63, 3.8) is 0 Å². The number of carbonyl (C=O) groups is 2. The Labute approximate surface area is 184 Å². The van der Waals surface area contributed by atoms with Crippen molar-refractivity contribution in [2.24, 2.45) is 0 Å². The van der Waals surface area contributed by atoms with Crippen LogP contribution in [0.1, 0.15) is 55.7 Å². The van der Waals surface area contributed by atoms with E-state index in [0.717, 1.165) is 42.4 Å². The average molecular weight is 427 g/mol. The van der Waals surface area contributed by atoms with Crippen molar-refractivity contribution in [2.75, 3.05) is 0 Å². The molecular formula is C25H31ClN2O2. The molecule has 1 atom stereocenters. The van der Waals surface area contributed by atoms with Crippen molar-refractivity contribution in [2.45, 2.75) is 71.0 Å². The number of aryl methyl sites for hydroxylation is 2. The summed E-state index contributed by atoms with van der Waals surface area (Å²) in [6.07, 6.45) is 5.23. The van der Waals surface area contributed by atoms with Crippen LogP contribution >= 0.6 is 11.6 Å². The van der Waals surface area contributed by atoms with Crippen LogP contribution < -0.4 is 5.32 Å². The van der Waals surface area contributed by atoms with Crippen LogP contribution in [0, 0.1) is 6.92 Å². The second-order valence-corrected chi connectivity index (χ2v) is 8.68. The van der Waals surface area contributed by atoms with Gasteiger partial charge in [0.15, 0.2) is 0 Å². The van der Waals surface area contributed by atoms with Crippen LogP contribution in [0.2, 0.25) is 5.02 Å². The van der Waals surface area contributed by atoms with Gasteiger partial charge in [-0.1, -0.05) is 72.5 Å². The molecule has 1 fully saturated rings. The van der Waals surface area contributed by atoms with E-state index in [1.165, 1.54) is 0 Å². The van der Waals surface area contributed by atoms with Crippen molar-refractivity contribution in [3.8, 4) is 0 Å². The Morgan fingerprint density at radius 3 is 2.57 bits per heavy atom. The Morgan fingerprint density at radius 2 is 1.87 bits per heavy atom. The number of nitrogens with zero attached hydrogens (tertiary/aromatic N) is 1. The number of hydrogen-bond acceptors (Lipinski definition) is 2. The van der Waals surface area contributed by atoms with Crippen LogP contribution in [0.15, 0.2) is 48.5 Å². The summed E-state index contributed by atoms with van der Waals surface area (Å²) in [5.74, 6) is -0.105. The van der Waals surface area contributed by atoms with Gasteiger partial charge in [0, 0.05) is 24.0 Å². The van der Waals surface area contributed by atoms with E-state index in [1.807, 2.05) is 56.3 Å². The normalized spacial score (nSPS) is 15.0. The number of amides is 2. The maximum atomic E-state index is 13.2. The molecule has 0 saturated heterocycles. The number of benzene rings is 2. The first-order valence-corrected chi connectivity index (χ1v) is 11.2. The molecule has 5 heteroatoms. The monoisotopic (exact) mass is 426 g/mol. The van der Waals surface area contributed by atoms with Gasteiger partial charge in [-0.25, -0.2) is 0 Å². The highest BCUT2D eigenvalue weighted by atomic mass is 35.5. The zero-order valence-electron chi connectivity index (χ0n) is 17.9. The highest BCUT2D eigenvalue weighted by molar-refractivity contribution is 6.31. The van der Waals surface area contributed by atoms with Gasteiger partial charge in [0.05, 0.1) is 0 Å². The highest BCUT2D eigenvalue weighted by Crippen LogP contribution is 2.20. The SMILES string of the molecule is Cc1cccc(CN(C(=O)CCc2ccccc2Cl)[C@@H](C)C(=O)NC2CCCC2)c1. The third-order valence-corrected chi connectivity index (χ3v) is 6.24. The zero-order valence-corrected chi connectivity index (χ0v) is 18.6. The van der Waals surface area contributed by atoms with Crippen molar-refractivity contribution in [3.05, 3.63) is 70.2 Å². The molecule has 4 nitrogen and oxygen atoms in total. The van der Waals surface area contributed by atoms with Crippen LogP contribution in [0.5, 0.6) is 0 Å². The average Bonchev–Trinajstić information content (AvgIpc) is 3.24. The Balaban J connectivity index is 1.72. The molecule has 30 heavy (non-hydrogen) atoms. The quantitative estimate of drug-likeness (QED) is 0.641. The van der Waals surface area contributed by atoms with Crippen LogP contribution in [-0.4, -0.2) is 28.8 Å². The van der Waals surface area contributed by atoms with E-state index < -0.39 is 6.04 Å². The number of nitrogens with one attached hydrogen (secondary N) is 1. The van der Waals surface area contributed by atoms with Gasteiger partial charge in [-0.2, -0.15) is 0 Å². The largest absolute Gasteiger partial charge is 0.352 e. The smallest absolute Gasteiger partial charge is 0.242 e. The van der Waals surface area contributed by atoms with Crippen LogP contribution in [0.4, 0.5) is 0 Å². The summed E-state index contributed by atoms with van der Waals surface area (Å²) in [6.45, 7) is 4.28. The molecule has 0 aliphatic heterocycles. The number of carbonyl (C=O) groups excluding carboxylic acids is 2. The summed E-state index contributed by atoms with van der Waals surface area (Å²) < 4.78 is 0. The number of halogens is 1. The fourth-order valence-corrected chi connectivity index (χ4v) is 4.30. The van der Waals surface area contributed by atoms with Crippen molar-refractivity contribution in [1.82, 2.24) is 10.2 Å². The Kier molecular flexibility index (Phi) is 7.92. The Bertz CT molecular complexity index is 877. The van der Waals surface area contributed by atoms with Gasteiger partial charge in [0.25, 0.3) is 0 Å². The lowest BCUT2D eigenvalue weighted by Crippen LogP contribution is -2.49. The third kappa shape index (κ3) is 6.09. The van der Waals surface area contributed by atoms with Gasteiger partial charge in [-0.05, 0) is 50.3 Å². The topological polar surface area (TPSA) is 49.4 Å². The maximum Gasteiger partial charge on any atom is 0.242 e. The maximum absolute atomic E-state index is 13.2. The van der Waals surface area contributed by atoms with Gasteiger partial charge in [0.2, 0.25) is 11.8 Å². The molecule has 2 amide bonds. The molecule has 160 valence electrons. The fraction of sp³-hybridized carbons (Fsp3) is 0.440. The first-order chi connectivity index (χ1) is 14.4. The first-order valence-electron chi connectivity index (χ1n) is 10.8. The highest BCUT2D eigenvalue weighted by Gasteiger charge is 2.28. The lowest BCUT2D eigenvalue weighted by atomic mass is 10.1. The van der Waals surface area contributed by atoms with Gasteiger partial charge < -0.3 is 10.2 Å². The van der Waals surface area contributed by atoms with E-state index in [-0.39, 0.29) is 17.9 Å². The Hall–Kier alpha value is -2.33. The van der Waals surface area contributed by atoms with E-state index in [4.69, 9.17) is 11.6 Å². The molecule has 0 unspecified atom stereocenters. The van der Waals surface area contributed by atoms with Crippen LogP contribution in [0.25, 0.3) is 0 Å². The standard InChI is InChI=1S/C25H31ClN2O2/c1-18-8-7-9-20(16-18)17-28(19(2)25(30)27-22-11-4-5-12-22)24(29)15-14-21-10-3-6-13-23(21)26/h3,6-10,13,16,19,22H,4-5,11-12,14-15,17H2,1-2H3,(H,27,30)/t19-/m0/s1. The third-order valence-electron chi connectivity index (χ3n) is 5.87. The summed E-state index contributed by atoms with van der Waals surface area (Å²) in [5, 5.41) is 3.81. The van der Waals surface area contributed by atoms with E-state index in [1.54, 1.807) is 4.90 Å². The van der Waals surface area contributed by atoms with Crippen LogP contribution in [-0.2, 0) is 22.6 Å². The molecule has 0 heterocycles. The van der Waals surface area contributed by atoms with Gasteiger partial charge in [-0.15, -0.1) is 0 Å². The lowest BCUT2D eigenvalue weighted by molar-refractivity contribution is -0.140. The first kappa shape index (κ1) is 22.4. The molecular weight excluding hydrogens is 396 g/mol. The number of rotatable bonds is 8. The van der Waals surface area contributed by atoms with E-state index in [2.05, 4.69) is 11.4 Å². The molecule has 1 aliphatic rings. The van der Waals surface area contributed by atoms with E-state index >= 15 is 0 Å². The van der Waals surface area contributed by atoms with Crippen molar-refractivity contribution < 1.29 is 9.59 Å². The van der Waals surface area contributed by atoms with E-state index in [0.29, 0.717) is 24.4 Å². The number of hydrogen-bond donors (Lipinski definition) is 1. The predicted molar refractivity (Wildman–Crippen MR) is 121 cm³/mol. The molecule has 2 aromatic rings. The minimum absolute atomic E-state index is 0.0366. The van der Waals surface area contributed by atoms with Crippen LogP contribution in [0.3, 0.4) is 0 Å². The molecule has 2 aromatic carbocycles. The molecule has 1 N–H and O–H groups in total. The molecule has 1 saturated carbocycles. The Morgan fingerprint density at radius 1 is 1.13 bits per heavy atom. The molecule has 3 rings (SSSR count). The summed E-state index contributed by atoms with van der Waals surface area (Å²) in [6, 6.07) is 15.4. The molecule has 0 radical (unpaired) electrons. The minimum atomic E-state index is -0.523. The van der Waals surface area contributed by atoms with Gasteiger partial charge in [0.1, 0.15) is 6.04 Å². The summed E-state index contributed by atoms with van der Waals surface area (Å²) >= 11 is 6.25.